The molecule has 6 nitrogen and oxygen atoms in total. The first-order valence-electron chi connectivity index (χ1n) is 8.29. The van der Waals surface area contributed by atoms with Crippen LogP contribution in [0.5, 0.6) is 5.75 Å². The first-order valence-corrected chi connectivity index (χ1v) is 10.1. The standard InChI is InChI=1S/C17H26N2O4S/c1-23-16-11-7-6-10-15(16)19(24(2,21)22)13-17(20)18-12-14-8-4-3-5-9-14/h6-7,10-11,14H,3-5,8-9,12-13H2,1-2H3,(H,18,20). The molecule has 0 bridgehead atoms. The summed E-state index contributed by atoms with van der Waals surface area (Å²) in [6.45, 7) is 0.369. The highest BCUT2D eigenvalue weighted by molar-refractivity contribution is 7.92. The van der Waals surface area contributed by atoms with Crippen LogP contribution in [-0.4, -0.2) is 40.8 Å². The van der Waals surface area contributed by atoms with E-state index in [-0.39, 0.29) is 12.5 Å². The molecule has 1 aromatic carbocycles. The molecule has 0 spiro atoms. The lowest BCUT2D eigenvalue weighted by Gasteiger charge is -2.25. The quantitative estimate of drug-likeness (QED) is 0.814. The molecule has 1 aliphatic rings. The number of anilines is 1. The van der Waals surface area contributed by atoms with Crippen LogP contribution in [0.3, 0.4) is 0 Å². The van der Waals surface area contributed by atoms with Gasteiger partial charge in [0.05, 0.1) is 19.1 Å². The number of hydrogen-bond acceptors (Lipinski definition) is 4. The number of sulfonamides is 1. The van der Waals surface area contributed by atoms with E-state index < -0.39 is 10.0 Å². The van der Waals surface area contributed by atoms with Crippen LogP contribution in [0.2, 0.25) is 0 Å². The number of carbonyl (C=O) groups excluding carboxylic acids is 1. The van der Waals surface area contributed by atoms with Crippen LogP contribution in [0.1, 0.15) is 32.1 Å². The van der Waals surface area contributed by atoms with Crippen molar-refractivity contribution in [3.63, 3.8) is 0 Å². The van der Waals surface area contributed by atoms with Gasteiger partial charge in [-0.2, -0.15) is 0 Å². The fraction of sp³-hybridized carbons (Fsp3) is 0.588. The van der Waals surface area contributed by atoms with Crippen LogP contribution in [-0.2, 0) is 14.8 Å². The number of benzene rings is 1. The summed E-state index contributed by atoms with van der Waals surface area (Å²) >= 11 is 0. The molecule has 0 saturated heterocycles. The fourth-order valence-corrected chi connectivity index (χ4v) is 3.91. The van der Waals surface area contributed by atoms with Gasteiger partial charge in [0.2, 0.25) is 15.9 Å². The molecule has 0 aromatic heterocycles. The molecule has 0 aliphatic heterocycles. The van der Waals surface area contributed by atoms with Crippen molar-refractivity contribution in [3.05, 3.63) is 24.3 Å². The SMILES string of the molecule is COc1ccccc1N(CC(=O)NCC1CCCCC1)S(C)(=O)=O. The monoisotopic (exact) mass is 354 g/mol. The second-order valence-electron chi connectivity index (χ2n) is 6.25. The number of carbonyl (C=O) groups is 1. The van der Waals surface area contributed by atoms with Gasteiger partial charge in [-0.25, -0.2) is 8.42 Å². The van der Waals surface area contributed by atoms with E-state index in [1.54, 1.807) is 24.3 Å². The highest BCUT2D eigenvalue weighted by Gasteiger charge is 2.24. The Morgan fingerprint density at radius 2 is 1.92 bits per heavy atom. The summed E-state index contributed by atoms with van der Waals surface area (Å²) in [6.07, 6.45) is 7.02. The molecular weight excluding hydrogens is 328 g/mol. The van der Waals surface area contributed by atoms with Gasteiger partial charge in [0, 0.05) is 6.54 Å². The number of para-hydroxylation sites is 2. The van der Waals surface area contributed by atoms with Crippen molar-refractivity contribution < 1.29 is 17.9 Å². The van der Waals surface area contributed by atoms with E-state index in [2.05, 4.69) is 5.32 Å². The maximum absolute atomic E-state index is 12.3. The maximum atomic E-state index is 12.3. The molecule has 1 amide bonds. The molecule has 1 N–H and O–H groups in total. The molecule has 1 aromatic rings. The molecule has 0 radical (unpaired) electrons. The van der Waals surface area contributed by atoms with Crippen molar-refractivity contribution in [2.45, 2.75) is 32.1 Å². The summed E-state index contributed by atoms with van der Waals surface area (Å²) in [5.74, 6) is 0.626. The van der Waals surface area contributed by atoms with E-state index in [4.69, 9.17) is 4.74 Å². The van der Waals surface area contributed by atoms with Gasteiger partial charge in [0.25, 0.3) is 0 Å². The molecule has 0 unspecified atom stereocenters. The Labute approximate surface area is 144 Å². The van der Waals surface area contributed by atoms with Gasteiger partial charge in [-0.15, -0.1) is 0 Å². The third-order valence-electron chi connectivity index (χ3n) is 4.35. The molecule has 0 heterocycles. The molecule has 1 aliphatic carbocycles. The van der Waals surface area contributed by atoms with Gasteiger partial charge in [0.1, 0.15) is 12.3 Å². The molecule has 7 heteroatoms. The van der Waals surface area contributed by atoms with Crippen molar-refractivity contribution in [2.75, 3.05) is 30.8 Å². The van der Waals surface area contributed by atoms with Crippen molar-refractivity contribution in [3.8, 4) is 5.75 Å². The van der Waals surface area contributed by atoms with Crippen LogP contribution in [0.15, 0.2) is 24.3 Å². The smallest absolute Gasteiger partial charge is 0.240 e. The predicted octanol–water partition coefficient (Wildman–Crippen LogP) is 2.16. The lowest BCUT2D eigenvalue weighted by Crippen LogP contribution is -2.42. The third-order valence-corrected chi connectivity index (χ3v) is 5.48. The summed E-state index contributed by atoms with van der Waals surface area (Å²) in [6, 6.07) is 6.78. The third kappa shape index (κ3) is 5.12. The minimum Gasteiger partial charge on any atom is -0.495 e. The first kappa shape index (κ1) is 18.6. The highest BCUT2D eigenvalue weighted by atomic mass is 32.2. The van der Waals surface area contributed by atoms with Crippen LogP contribution in [0, 0.1) is 5.92 Å². The van der Waals surface area contributed by atoms with Crippen molar-refractivity contribution in [1.29, 1.82) is 0 Å². The van der Waals surface area contributed by atoms with E-state index in [0.29, 0.717) is 23.9 Å². The van der Waals surface area contributed by atoms with Gasteiger partial charge >= 0.3 is 0 Å². The van der Waals surface area contributed by atoms with E-state index in [1.165, 1.54) is 26.4 Å². The number of rotatable bonds is 7. The zero-order chi connectivity index (χ0) is 17.6. The minimum atomic E-state index is -3.60. The molecule has 0 atom stereocenters. The number of hydrogen-bond donors (Lipinski definition) is 1. The minimum absolute atomic E-state index is 0.244. The van der Waals surface area contributed by atoms with E-state index in [0.717, 1.165) is 23.4 Å². The van der Waals surface area contributed by atoms with Gasteiger partial charge < -0.3 is 10.1 Å². The fourth-order valence-electron chi connectivity index (χ4n) is 3.05. The van der Waals surface area contributed by atoms with Crippen LogP contribution < -0.4 is 14.4 Å². The maximum Gasteiger partial charge on any atom is 0.240 e. The highest BCUT2D eigenvalue weighted by Crippen LogP contribution is 2.29. The zero-order valence-electron chi connectivity index (χ0n) is 14.3. The average molecular weight is 354 g/mol. The number of amides is 1. The van der Waals surface area contributed by atoms with Gasteiger partial charge in [-0.1, -0.05) is 31.4 Å². The average Bonchev–Trinajstić information content (AvgIpc) is 2.58. The lowest BCUT2D eigenvalue weighted by molar-refractivity contribution is -0.119. The van der Waals surface area contributed by atoms with Crippen LogP contribution in [0.25, 0.3) is 0 Å². The molecular formula is C17H26N2O4S. The van der Waals surface area contributed by atoms with Gasteiger partial charge in [0.15, 0.2) is 0 Å². The van der Waals surface area contributed by atoms with Gasteiger partial charge in [-0.05, 0) is 30.9 Å². The first-order chi connectivity index (χ1) is 11.4. The summed E-state index contributed by atoms with van der Waals surface area (Å²) < 4.78 is 30.6. The lowest BCUT2D eigenvalue weighted by atomic mass is 9.89. The van der Waals surface area contributed by atoms with Crippen molar-refractivity contribution >= 4 is 21.6 Å². The van der Waals surface area contributed by atoms with E-state index >= 15 is 0 Å². The second kappa shape index (κ2) is 8.37. The Hall–Kier alpha value is -1.76. The normalized spacial score (nSPS) is 15.8. The Morgan fingerprint density at radius 3 is 2.54 bits per heavy atom. The molecule has 1 fully saturated rings. The Kier molecular flexibility index (Phi) is 6.48. The summed E-state index contributed by atoms with van der Waals surface area (Å²) in [5, 5.41) is 2.88. The Morgan fingerprint density at radius 1 is 1.25 bits per heavy atom. The number of nitrogens with one attached hydrogen (secondary N) is 1. The molecule has 134 valence electrons. The van der Waals surface area contributed by atoms with Crippen LogP contribution >= 0.6 is 0 Å². The number of nitrogens with zero attached hydrogens (tertiary/aromatic N) is 1. The van der Waals surface area contributed by atoms with Crippen LogP contribution in [0.4, 0.5) is 5.69 Å². The molecule has 2 rings (SSSR count). The second-order valence-corrected chi connectivity index (χ2v) is 8.16. The Balaban J connectivity index is 2.05. The summed E-state index contributed by atoms with van der Waals surface area (Å²) in [7, 11) is -2.12. The van der Waals surface area contributed by atoms with Crippen molar-refractivity contribution in [1.82, 2.24) is 5.32 Å². The summed E-state index contributed by atoms with van der Waals surface area (Å²) in [4.78, 5) is 12.3. The topological polar surface area (TPSA) is 75.7 Å². The van der Waals surface area contributed by atoms with Crippen molar-refractivity contribution in [2.24, 2.45) is 5.92 Å². The van der Waals surface area contributed by atoms with Gasteiger partial charge in [-0.3, -0.25) is 9.10 Å². The number of ether oxygens (including phenoxy) is 1. The largest absolute Gasteiger partial charge is 0.495 e. The van der Waals surface area contributed by atoms with E-state index in [1.807, 2.05) is 0 Å². The van der Waals surface area contributed by atoms with E-state index in [9.17, 15) is 13.2 Å². The number of methoxy groups -OCH3 is 1. The zero-order valence-corrected chi connectivity index (χ0v) is 15.1. The molecule has 1 saturated carbocycles. The molecule has 24 heavy (non-hydrogen) atoms. The Bertz CT molecular complexity index is 654. The summed E-state index contributed by atoms with van der Waals surface area (Å²) in [5.41, 5.74) is 0.371. The predicted molar refractivity (Wildman–Crippen MR) is 94.8 cm³/mol.